The Labute approximate surface area is 198 Å². The van der Waals surface area contributed by atoms with Gasteiger partial charge in [0.25, 0.3) is 0 Å². The van der Waals surface area contributed by atoms with E-state index in [9.17, 15) is 19.7 Å². The highest BCUT2D eigenvalue weighted by Gasteiger charge is 2.25. The lowest BCUT2D eigenvalue weighted by Crippen LogP contribution is -2.09. The summed E-state index contributed by atoms with van der Waals surface area (Å²) < 4.78 is 9.45. The van der Waals surface area contributed by atoms with Crippen LogP contribution in [0.25, 0.3) is 10.9 Å². The second kappa shape index (κ2) is 9.79. The SMILES string of the molecule is COC(=O)c1cc(Nc2ncnc(Nc3cccc4ncccc34)c2[N+](=O)[O-])cc(C(=O)OC)c1. The number of rotatable bonds is 7. The van der Waals surface area contributed by atoms with Crippen LogP contribution in [0.2, 0.25) is 0 Å². The van der Waals surface area contributed by atoms with Gasteiger partial charge in [0.1, 0.15) is 6.33 Å². The monoisotopic (exact) mass is 474 g/mol. The third-order valence-corrected chi connectivity index (χ3v) is 4.94. The normalized spacial score (nSPS) is 10.5. The minimum atomic E-state index is -0.706. The number of fused-ring (bicyclic) bond motifs is 1. The molecule has 0 saturated heterocycles. The van der Waals surface area contributed by atoms with Gasteiger partial charge in [-0.05, 0) is 42.5 Å². The number of methoxy groups -OCH3 is 2. The minimum absolute atomic E-state index is 0.0382. The molecule has 0 radical (unpaired) electrons. The van der Waals surface area contributed by atoms with Crippen molar-refractivity contribution in [3.63, 3.8) is 0 Å². The summed E-state index contributed by atoms with van der Waals surface area (Å²) in [7, 11) is 2.38. The average Bonchev–Trinajstić information content (AvgIpc) is 2.87. The van der Waals surface area contributed by atoms with Crippen molar-refractivity contribution in [2.45, 2.75) is 0 Å². The second-order valence-corrected chi connectivity index (χ2v) is 7.08. The highest BCUT2D eigenvalue weighted by Crippen LogP contribution is 2.35. The van der Waals surface area contributed by atoms with Crippen molar-refractivity contribution in [1.29, 1.82) is 0 Å². The van der Waals surface area contributed by atoms with E-state index in [4.69, 9.17) is 9.47 Å². The zero-order chi connectivity index (χ0) is 24.9. The number of nitro groups is 1. The van der Waals surface area contributed by atoms with E-state index in [1.54, 1.807) is 24.4 Å². The van der Waals surface area contributed by atoms with Crippen LogP contribution in [-0.2, 0) is 9.47 Å². The maximum Gasteiger partial charge on any atom is 0.353 e. The summed E-state index contributed by atoms with van der Waals surface area (Å²) in [6, 6.07) is 12.9. The number of pyridine rings is 1. The molecule has 35 heavy (non-hydrogen) atoms. The molecule has 0 fully saturated rings. The number of ether oxygens (including phenoxy) is 2. The molecule has 176 valence electrons. The van der Waals surface area contributed by atoms with Crippen LogP contribution in [-0.4, -0.2) is 46.0 Å². The number of carbonyl (C=O) groups excluding carboxylic acids is 2. The van der Waals surface area contributed by atoms with E-state index < -0.39 is 22.5 Å². The fourth-order valence-corrected chi connectivity index (χ4v) is 3.38. The number of aromatic nitrogens is 3. The number of benzene rings is 2. The van der Waals surface area contributed by atoms with Gasteiger partial charge in [-0.2, -0.15) is 0 Å². The zero-order valence-electron chi connectivity index (χ0n) is 18.5. The standard InChI is InChI=1S/C23H18N6O6/c1-34-22(30)13-9-14(23(31)35-2)11-15(10-13)27-20-19(29(32)33)21(26-12-25-20)28-18-7-3-6-17-16(18)5-4-8-24-17/h3-12H,1-2H3,(H2,25,26,27,28). The van der Waals surface area contributed by atoms with Crippen molar-refractivity contribution in [2.24, 2.45) is 0 Å². The van der Waals surface area contributed by atoms with Gasteiger partial charge in [0.05, 0.1) is 35.8 Å². The number of esters is 2. The molecule has 2 aromatic carbocycles. The molecule has 4 aromatic rings. The van der Waals surface area contributed by atoms with Crippen LogP contribution in [0, 0.1) is 10.1 Å². The third-order valence-electron chi connectivity index (χ3n) is 4.94. The molecule has 0 atom stereocenters. The average molecular weight is 474 g/mol. The summed E-state index contributed by atoms with van der Waals surface area (Å²) in [5.74, 6) is -1.64. The molecular weight excluding hydrogens is 456 g/mol. The Morgan fingerprint density at radius 1 is 0.886 bits per heavy atom. The van der Waals surface area contributed by atoms with Crippen LogP contribution >= 0.6 is 0 Å². The Hall–Kier alpha value is -5.13. The lowest BCUT2D eigenvalue weighted by Gasteiger charge is -2.12. The van der Waals surface area contributed by atoms with E-state index in [0.29, 0.717) is 11.2 Å². The maximum absolute atomic E-state index is 12.1. The van der Waals surface area contributed by atoms with E-state index in [1.807, 2.05) is 12.1 Å². The second-order valence-electron chi connectivity index (χ2n) is 7.08. The first-order valence-electron chi connectivity index (χ1n) is 10.1. The highest BCUT2D eigenvalue weighted by molar-refractivity contribution is 5.98. The van der Waals surface area contributed by atoms with E-state index in [2.05, 4.69) is 25.6 Å². The smallest absolute Gasteiger partial charge is 0.353 e. The molecule has 0 unspecified atom stereocenters. The summed E-state index contributed by atoms with van der Waals surface area (Å²) in [6.07, 6.45) is 2.79. The lowest BCUT2D eigenvalue weighted by molar-refractivity contribution is -0.383. The van der Waals surface area contributed by atoms with Crippen molar-refractivity contribution in [3.8, 4) is 0 Å². The molecular formula is C23H18N6O6. The Kier molecular flexibility index (Phi) is 6.44. The molecule has 0 saturated carbocycles. The number of hydrogen-bond donors (Lipinski definition) is 2. The predicted molar refractivity (Wildman–Crippen MR) is 126 cm³/mol. The molecule has 2 aromatic heterocycles. The lowest BCUT2D eigenvalue weighted by atomic mass is 10.1. The summed E-state index contributed by atoms with van der Waals surface area (Å²) in [5.41, 5.74) is 1.06. The van der Waals surface area contributed by atoms with Gasteiger partial charge in [-0.15, -0.1) is 0 Å². The van der Waals surface area contributed by atoms with Gasteiger partial charge in [-0.25, -0.2) is 19.6 Å². The van der Waals surface area contributed by atoms with Crippen LogP contribution in [0.3, 0.4) is 0 Å². The van der Waals surface area contributed by atoms with Crippen molar-refractivity contribution >= 4 is 51.5 Å². The molecule has 12 nitrogen and oxygen atoms in total. The van der Waals surface area contributed by atoms with Gasteiger partial charge in [-0.3, -0.25) is 15.1 Å². The van der Waals surface area contributed by atoms with Gasteiger partial charge in [-0.1, -0.05) is 6.07 Å². The Balaban J connectivity index is 1.77. The minimum Gasteiger partial charge on any atom is -0.465 e. The molecule has 4 rings (SSSR count). The highest BCUT2D eigenvalue weighted by atomic mass is 16.6. The van der Waals surface area contributed by atoms with E-state index in [1.165, 1.54) is 32.4 Å². The Morgan fingerprint density at radius 3 is 2.17 bits per heavy atom. The largest absolute Gasteiger partial charge is 0.465 e. The summed E-state index contributed by atoms with van der Waals surface area (Å²) in [6.45, 7) is 0. The van der Waals surface area contributed by atoms with Gasteiger partial charge in [0.15, 0.2) is 0 Å². The van der Waals surface area contributed by atoms with Crippen molar-refractivity contribution < 1.29 is 24.0 Å². The number of carbonyl (C=O) groups is 2. The molecule has 2 heterocycles. The van der Waals surface area contributed by atoms with Gasteiger partial charge in [0, 0.05) is 23.0 Å². The quantitative estimate of drug-likeness (QED) is 0.226. The number of nitrogens with zero attached hydrogens (tertiary/aromatic N) is 4. The number of anilines is 4. The third kappa shape index (κ3) is 4.80. The molecule has 0 spiro atoms. The fourth-order valence-electron chi connectivity index (χ4n) is 3.38. The van der Waals surface area contributed by atoms with Crippen LogP contribution in [0.15, 0.2) is 61.1 Å². The first-order valence-corrected chi connectivity index (χ1v) is 10.1. The number of hydrogen-bond acceptors (Lipinski definition) is 11. The predicted octanol–water partition coefficient (Wildman–Crippen LogP) is 3.99. The van der Waals surface area contributed by atoms with E-state index in [0.717, 1.165) is 11.7 Å². The molecule has 0 aliphatic heterocycles. The molecule has 0 bridgehead atoms. The van der Waals surface area contributed by atoms with Gasteiger partial charge < -0.3 is 20.1 Å². The van der Waals surface area contributed by atoms with Gasteiger partial charge in [0.2, 0.25) is 11.6 Å². The Bertz CT molecular complexity index is 1420. The van der Waals surface area contributed by atoms with Crippen LogP contribution < -0.4 is 10.6 Å². The van der Waals surface area contributed by atoms with Crippen molar-refractivity contribution in [1.82, 2.24) is 15.0 Å². The maximum atomic E-state index is 12.1. The van der Waals surface area contributed by atoms with Crippen molar-refractivity contribution in [3.05, 3.63) is 82.3 Å². The zero-order valence-corrected chi connectivity index (χ0v) is 18.5. The van der Waals surface area contributed by atoms with Gasteiger partial charge >= 0.3 is 17.6 Å². The van der Waals surface area contributed by atoms with E-state index >= 15 is 0 Å². The first-order chi connectivity index (χ1) is 16.9. The molecule has 2 N–H and O–H groups in total. The fraction of sp³-hybridized carbons (Fsp3) is 0.0870. The topological polar surface area (TPSA) is 158 Å². The molecule has 0 amide bonds. The Morgan fingerprint density at radius 2 is 1.54 bits per heavy atom. The van der Waals surface area contributed by atoms with Crippen molar-refractivity contribution in [2.75, 3.05) is 24.9 Å². The summed E-state index contributed by atoms with van der Waals surface area (Å²) in [4.78, 5) is 47.8. The molecule has 0 aliphatic carbocycles. The van der Waals surface area contributed by atoms with Crippen LogP contribution in [0.4, 0.5) is 28.7 Å². The summed E-state index contributed by atoms with van der Waals surface area (Å²) >= 11 is 0. The number of nitrogens with one attached hydrogen (secondary N) is 2. The first kappa shape index (κ1) is 23.0. The molecule has 0 aliphatic rings. The summed E-state index contributed by atoms with van der Waals surface area (Å²) in [5, 5.41) is 18.5. The van der Waals surface area contributed by atoms with Crippen LogP contribution in [0.1, 0.15) is 20.7 Å². The molecule has 12 heteroatoms. The van der Waals surface area contributed by atoms with Crippen LogP contribution in [0.5, 0.6) is 0 Å². The van der Waals surface area contributed by atoms with E-state index in [-0.39, 0.29) is 28.5 Å².